The molecule has 0 nitrogen and oxygen atoms in total. The number of rotatable bonds is 4. The van der Waals surface area contributed by atoms with E-state index in [1.807, 2.05) is 0 Å². The van der Waals surface area contributed by atoms with Gasteiger partial charge in [0.25, 0.3) is 0 Å². The maximum atomic E-state index is 2.31. The van der Waals surface area contributed by atoms with Crippen molar-refractivity contribution >= 4 is 0 Å². The Hall–Kier alpha value is 0. The lowest BCUT2D eigenvalue weighted by Gasteiger charge is -2.50. The van der Waals surface area contributed by atoms with Crippen molar-refractivity contribution in [1.29, 1.82) is 0 Å². The van der Waals surface area contributed by atoms with Crippen molar-refractivity contribution in [2.45, 2.75) is 58.3 Å². The van der Waals surface area contributed by atoms with E-state index in [0.29, 0.717) is 0 Å². The third-order valence-electron chi connectivity index (χ3n) is 4.11. The van der Waals surface area contributed by atoms with Gasteiger partial charge in [0, 0.05) is 0 Å². The summed E-state index contributed by atoms with van der Waals surface area (Å²) in [6, 6.07) is 0. The lowest BCUT2D eigenvalue weighted by Crippen LogP contribution is -2.40. The minimum absolute atomic E-state index is 1.17. The van der Waals surface area contributed by atoms with Gasteiger partial charge in [0.2, 0.25) is 0 Å². The summed E-state index contributed by atoms with van der Waals surface area (Å²) in [6.45, 7) is 2.31. The average Bonchev–Trinajstić information content (AvgIpc) is 2.13. The maximum absolute atomic E-state index is 2.31. The minimum atomic E-state index is 1.17. The number of hydrogen-bond donors (Lipinski definition) is 0. The fourth-order valence-electron chi connectivity index (χ4n) is 3.34. The van der Waals surface area contributed by atoms with Crippen molar-refractivity contribution in [1.82, 2.24) is 0 Å². The third-order valence-corrected chi connectivity index (χ3v) is 4.11. The highest BCUT2D eigenvalue weighted by Gasteiger charge is 2.42. The Bertz CT molecular complexity index is 125. The van der Waals surface area contributed by atoms with Crippen LogP contribution in [0.5, 0.6) is 0 Å². The van der Waals surface area contributed by atoms with Crippen LogP contribution >= 0.6 is 0 Å². The van der Waals surface area contributed by atoms with Gasteiger partial charge in [-0.2, -0.15) is 0 Å². The molecule has 0 saturated heterocycles. The zero-order valence-electron chi connectivity index (χ0n) is 8.39. The molecule has 0 radical (unpaired) electrons. The van der Waals surface area contributed by atoms with E-state index in [-0.39, 0.29) is 0 Å². The molecule has 2 unspecified atom stereocenters. The van der Waals surface area contributed by atoms with E-state index in [1.54, 1.807) is 32.1 Å². The maximum Gasteiger partial charge on any atom is -0.0357 e. The van der Waals surface area contributed by atoms with E-state index in [2.05, 4.69) is 6.92 Å². The first-order chi connectivity index (χ1) is 5.92. The molecular weight excluding hydrogens is 144 g/mol. The zero-order valence-corrected chi connectivity index (χ0v) is 8.39. The molecule has 0 heteroatoms. The molecule has 0 amide bonds. The molecule has 3 rings (SSSR count). The van der Waals surface area contributed by atoms with Crippen molar-refractivity contribution in [2.75, 3.05) is 0 Å². The van der Waals surface area contributed by atoms with Crippen LogP contribution in [0.4, 0.5) is 0 Å². The normalized spacial score (nSPS) is 39.2. The zero-order chi connectivity index (χ0) is 8.39. The third kappa shape index (κ3) is 1.53. The van der Waals surface area contributed by atoms with Crippen LogP contribution < -0.4 is 0 Å². The standard InChI is InChI=1S/C12H22/c1-2-3-4-8-12-10-6-5-7-11(12)9-10/h10-12H,2-9H2,1H3. The van der Waals surface area contributed by atoms with E-state index in [1.165, 1.54) is 37.0 Å². The number of hydrogen-bond acceptors (Lipinski definition) is 0. The monoisotopic (exact) mass is 166 g/mol. The summed E-state index contributed by atoms with van der Waals surface area (Å²) >= 11 is 0. The van der Waals surface area contributed by atoms with Crippen LogP contribution in [0.3, 0.4) is 0 Å². The molecule has 0 spiro atoms. The molecule has 0 aromatic carbocycles. The summed E-state index contributed by atoms with van der Waals surface area (Å²) in [4.78, 5) is 0. The molecule has 3 aliphatic carbocycles. The smallest absolute Gasteiger partial charge is 0.0357 e. The van der Waals surface area contributed by atoms with E-state index >= 15 is 0 Å². The largest absolute Gasteiger partial charge is 0.0654 e. The SMILES string of the molecule is CCCCCC1C2CCCC1C2. The molecule has 0 aromatic rings. The first-order valence-electron chi connectivity index (χ1n) is 5.92. The molecule has 0 N–H and O–H groups in total. The van der Waals surface area contributed by atoms with E-state index in [0.717, 1.165) is 0 Å². The molecule has 3 aliphatic rings. The van der Waals surface area contributed by atoms with Crippen LogP contribution in [0.1, 0.15) is 58.3 Å². The van der Waals surface area contributed by atoms with Gasteiger partial charge in [0.05, 0.1) is 0 Å². The summed E-state index contributed by atoms with van der Waals surface area (Å²) in [5, 5.41) is 0. The van der Waals surface area contributed by atoms with Crippen molar-refractivity contribution in [3.05, 3.63) is 0 Å². The van der Waals surface area contributed by atoms with Gasteiger partial charge >= 0.3 is 0 Å². The molecule has 12 heavy (non-hydrogen) atoms. The van der Waals surface area contributed by atoms with Gasteiger partial charge in [0.1, 0.15) is 0 Å². The van der Waals surface area contributed by atoms with E-state index < -0.39 is 0 Å². The molecule has 0 aromatic heterocycles. The average molecular weight is 166 g/mol. The van der Waals surface area contributed by atoms with Gasteiger partial charge in [-0.3, -0.25) is 0 Å². The minimum Gasteiger partial charge on any atom is -0.0654 e. The molecule has 3 fully saturated rings. The van der Waals surface area contributed by atoms with Crippen LogP contribution in [0, 0.1) is 17.8 Å². The molecule has 2 bridgehead atoms. The molecule has 2 atom stereocenters. The topological polar surface area (TPSA) is 0 Å². The fourth-order valence-corrected chi connectivity index (χ4v) is 3.34. The van der Waals surface area contributed by atoms with Crippen LogP contribution in [0.2, 0.25) is 0 Å². The van der Waals surface area contributed by atoms with Crippen molar-refractivity contribution in [3.8, 4) is 0 Å². The quantitative estimate of drug-likeness (QED) is 0.554. The summed E-state index contributed by atoms with van der Waals surface area (Å²) in [7, 11) is 0. The number of unbranched alkanes of at least 4 members (excludes halogenated alkanes) is 2. The van der Waals surface area contributed by atoms with Crippen LogP contribution in [-0.2, 0) is 0 Å². The lowest BCUT2D eigenvalue weighted by atomic mass is 9.56. The van der Waals surface area contributed by atoms with Crippen molar-refractivity contribution in [3.63, 3.8) is 0 Å². The molecule has 3 saturated carbocycles. The van der Waals surface area contributed by atoms with Crippen molar-refractivity contribution in [2.24, 2.45) is 17.8 Å². The van der Waals surface area contributed by atoms with Gasteiger partial charge in [-0.05, 0) is 30.6 Å². The first-order valence-corrected chi connectivity index (χ1v) is 5.92. The highest BCUT2D eigenvalue weighted by atomic mass is 14.5. The van der Waals surface area contributed by atoms with Crippen molar-refractivity contribution < 1.29 is 0 Å². The van der Waals surface area contributed by atoms with Gasteiger partial charge in [-0.15, -0.1) is 0 Å². The van der Waals surface area contributed by atoms with Gasteiger partial charge < -0.3 is 0 Å². The first kappa shape index (κ1) is 8.59. The summed E-state index contributed by atoms with van der Waals surface area (Å²) in [5.74, 6) is 3.51. The van der Waals surface area contributed by atoms with Gasteiger partial charge in [-0.1, -0.05) is 45.4 Å². The van der Waals surface area contributed by atoms with Crippen LogP contribution in [0.25, 0.3) is 0 Å². The molecule has 70 valence electrons. The van der Waals surface area contributed by atoms with Gasteiger partial charge in [0.15, 0.2) is 0 Å². The highest BCUT2D eigenvalue weighted by Crippen LogP contribution is 2.52. The molecule has 0 heterocycles. The Morgan fingerprint density at radius 2 is 1.83 bits per heavy atom. The molecule has 0 aliphatic heterocycles. The second-order valence-corrected chi connectivity index (χ2v) is 4.85. The van der Waals surface area contributed by atoms with Crippen LogP contribution in [0.15, 0.2) is 0 Å². The fraction of sp³-hybridized carbons (Fsp3) is 1.00. The van der Waals surface area contributed by atoms with E-state index in [9.17, 15) is 0 Å². The lowest BCUT2D eigenvalue weighted by molar-refractivity contribution is 0.00674. The summed E-state index contributed by atoms with van der Waals surface area (Å²) in [5.41, 5.74) is 0. The highest BCUT2D eigenvalue weighted by molar-refractivity contribution is 4.92. The Balaban J connectivity index is 1.68. The number of fused-ring (bicyclic) bond motifs is 2. The Labute approximate surface area is 76.7 Å². The second-order valence-electron chi connectivity index (χ2n) is 4.85. The van der Waals surface area contributed by atoms with Gasteiger partial charge in [-0.25, -0.2) is 0 Å². The summed E-state index contributed by atoms with van der Waals surface area (Å²) in [6.07, 6.45) is 12.2. The predicted molar refractivity (Wildman–Crippen MR) is 53.1 cm³/mol. The Morgan fingerprint density at radius 1 is 1.08 bits per heavy atom. The van der Waals surface area contributed by atoms with Crippen LogP contribution in [-0.4, -0.2) is 0 Å². The Kier molecular flexibility index (Phi) is 2.73. The molecular formula is C12H22. The Morgan fingerprint density at radius 3 is 2.42 bits per heavy atom. The predicted octanol–water partition coefficient (Wildman–Crippen LogP) is 4.00. The van der Waals surface area contributed by atoms with E-state index in [4.69, 9.17) is 0 Å². The second kappa shape index (κ2) is 3.81. The summed E-state index contributed by atoms with van der Waals surface area (Å²) < 4.78 is 0.